The average Bonchev–Trinajstić information content (AvgIpc) is 2.93. The fourth-order valence-electron chi connectivity index (χ4n) is 1.65. The number of anilines is 1. The molecule has 2 rings (SSSR count). The normalized spacial score (nSPS) is 10.2. The van der Waals surface area contributed by atoms with Crippen molar-refractivity contribution in [2.45, 2.75) is 19.3 Å². The van der Waals surface area contributed by atoms with Gasteiger partial charge in [-0.3, -0.25) is 9.59 Å². The Balaban J connectivity index is 1.87. The molecule has 0 saturated heterocycles. The quantitative estimate of drug-likeness (QED) is 0.831. The molecule has 0 bridgehead atoms. The number of aromatic nitrogens is 3. The number of aliphatic carboxylic acids is 1. The van der Waals surface area contributed by atoms with Crippen LogP contribution in [0.2, 0.25) is 0 Å². The van der Waals surface area contributed by atoms with Crippen molar-refractivity contribution in [3.8, 4) is 5.69 Å². The third kappa shape index (κ3) is 3.91. The molecular weight excluding hydrogens is 260 g/mol. The molecule has 1 heterocycles. The molecule has 0 atom stereocenters. The van der Waals surface area contributed by atoms with Crippen LogP contribution in [0.3, 0.4) is 0 Å². The number of nitrogens with zero attached hydrogens (tertiary/aromatic N) is 3. The average molecular weight is 274 g/mol. The molecule has 7 nitrogen and oxygen atoms in total. The van der Waals surface area contributed by atoms with E-state index in [2.05, 4.69) is 15.5 Å². The highest BCUT2D eigenvalue weighted by Gasteiger charge is 2.05. The Morgan fingerprint density at radius 2 is 1.75 bits per heavy atom. The van der Waals surface area contributed by atoms with E-state index in [0.717, 1.165) is 5.69 Å². The summed E-state index contributed by atoms with van der Waals surface area (Å²) < 4.78 is 0. The Hall–Kier alpha value is -2.70. The van der Waals surface area contributed by atoms with E-state index in [-0.39, 0.29) is 18.7 Å². The molecule has 0 unspecified atom stereocenters. The monoisotopic (exact) mass is 274 g/mol. The van der Waals surface area contributed by atoms with Gasteiger partial charge in [0.05, 0.1) is 18.1 Å². The standard InChI is InChI=1S/C13H14N4O3/c18-12(2-1-3-13(19)20)16-10-4-6-11(7-5-10)17-14-8-9-15-17/h4-9H,1-3H2,(H,16,18)(H,19,20). The van der Waals surface area contributed by atoms with Gasteiger partial charge < -0.3 is 10.4 Å². The Morgan fingerprint density at radius 1 is 1.10 bits per heavy atom. The summed E-state index contributed by atoms with van der Waals surface area (Å²) >= 11 is 0. The maximum absolute atomic E-state index is 11.6. The van der Waals surface area contributed by atoms with Gasteiger partial charge in [0, 0.05) is 18.5 Å². The number of benzene rings is 1. The maximum Gasteiger partial charge on any atom is 0.303 e. The number of carboxylic acids is 1. The first-order valence-corrected chi connectivity index (χ1v) is 6.13. The van der Waals surface area contributed by atoms with E-state index >= 15 is 0 Å². The molecule has 2 aromatic rings. The molecule has 1 aromatic carbocycles. The lowest BCUT2D eigenvalue weighted by atomic mass is 10.2. The van der Waals surface area contributed by atoms with Crippen molar-refractivity contribution in [3.63, 3.8) is 0 Å². The third-order valence-electron chi connectivity index (χ3n) is 2.60. The van der Waals surface area contributed by atoms with Crippen molar-refractivity contribution in [3.05, 3.63) is 36.7 Å². The fourth-order valence-corrected chi connectivity index (χ4v) is 1.65. The first kappa shape index (κ1) is 13.7. The van der Waals surface area contributed by atoms with Crippen molar-refractivity contribution < 1.29 is 14.7 Å². The minimum Gasteiger partial charge on any atom is -0.481 e. The van der Waals surface area contributed by atoms with Crippen LogP contribution >= 0.6 is 0 Å². The minimum absolute atomic E-state index is 0.00265. The number of carboxylic acid groups (broad SMARTS) is 1. The van der Waals surface area contributed by atoms with Crippen LogP contribution in [-0.2, 0) is 9.59 Å². The number of amides is 1. The molecule has 0 aliphatic carbocycles. The van der Waals surface area contributed by atoms with Crippen molar-refractivity contribution in [1.29, 1.82) is 0 Å². The van der Waals surface area contributed by atoms with Crippen LogP contribution in [0.15, 0.2) is 36.7 Å². The molecule has 0 aliphatic rings. The smallest absolute Gasteiger partial charge is 0.303 e. The van der Waals surface area contributed by atoms with E-state index in [4.69, 9.17) is 5.11 Å². The van der Waals surface area contributed by atoms with Crippen molar-refractivity contribution in [2.24, 2.45) is 0 Å². The molecule has 104 valence electrons. The second kappa shape index (κ2) is 6.46. The summed E-state index contributed by atoms with van der Waals surface area (Å²) in [6.07, 6.45) is 3.68. The van der Waals surface area contributed by atoms with Gasteiger partial charge in [0.2, 0.25) is 5.91 Å². The van der Waals surface area contributed by atoms with Crippen molar-refractivity contribution in [1.82, 2.24) is 15.0 Å². The highest BCUT2D eigenvalue weighted by Crippen LogP contribution is 2.12. The van der Waals surface area contributed by atoms with Gasteiger partial charge in [0.25, 0.3) is 0 Å². The second-order valence-corrected chi connectivity index (χ2v) is 4.16. The van der Waals surface area contributed by atoms with Gasteiger partial charge in [-0.15, -0.1) is 0 Å². The molecule has 1 aromatic heterocycles. The van der Waals surface area contributed by atoms with Crippen LogP contribution in [0.4, 0.5) is 5.69 Å². The number of rotatable bonds is 6. The Labute approximate surface area is 115 Å². The largest absolute Gasteiger partial charge is 0.481 e. The van der Waals surface area contributed by atoms with Gasteiger partial charge in [-0.25, -0.2) is 0 Å². The fraction of sp³-hybridized carbons (Fsp3) is 0.231. The van der Waals surface area contributed by atoms with Crippen LogP contribution in [0.1, 0.15) is 19.3 Å². The molecule has 0 fully saturated rings. The van der Waals surface area contributed by atoms with E-state index < -0.39 is 5.97 Å². The summed E-state index contributed by atoms with van der Waals surface area (Å²) in [7, 11) is 0. The highest BCUT2D eigenvalue weighted by molar-refractivity contribution is 5.90. The van der Waals surface area contributed by atoms with Crippen LogP contribution < -0.4 is 5.32 Å². The zero-order valence-corrected chi connectivity index (χ0v) is 10.7. The molecule has 2 N–H and O–H groups in total. The van der Waals surface area contributed by atoms with Gasteiger partial charge in [-0.05, 0) is 30.7 Å². The molecule has 0 spiro atoms. The number of hydrogen-bond acceptors (Lipinski definition) is 4. The van der Waals surface area contributed by atoms with Crippen LogP contribution in [-0.4, -0.2) is 32.0 Å². The molecule has 20 heavy (non-hydrogen) atoms. The molecule has 0 radical (unpaired) electrons. The lowest BCUT2D eigenvalue weighted by Crippen LogP contribution is -2.12. The predicted octanol–water partition coefficient (Wildman–Crippen LogP) is 1.46. The molecule has 0 aliphatic heterocycles. The number of hydrogen-bond donors (Lipinski definition) is 2. The van der Waals surface area contributed by atoms with E-state index in [0.29, 0.717) is 12.1 Å². The van der Waals surface area contributed by atoms with Crippen molar-refractivity contribution in [2.75, 3.05) is 5.32 Å². The maximum atomic E-state index is 11.6. The topological polar surface area (TPSA) is 97.1 Å². The summed E-state index contributed by atoms with van der Waals surface area (Å²) in [6.45, 7) is 0. The number of carbonyl (C=O) groups excluding carboxylic acids is 1. The Bertz CT molecular complexity index is 578. The first-order chi connectivity index (χ1) is 9.65. The summed E-state index contributed by atoms with van der Waals surface area (Å²) in [5, 5.41) is 19.2. The van der Waals surface area contributed by atoms with Gasteiger partial charge in [0.1, 0.15) is 0 Å². The van der Waals surface area contributed by atoms with Crippen LogP contribution in [0, 0.1) is 0 Å². The SMILES string of the molecule is O=C(O)CCCC(=O)Nc1ccc(-n2nccn2)cc1. The van der Waals surface area contributed by atoms with Gasteiger partial charge >= 0.3 is 5.97 Å². The zero-order valence-electron chi connectivity index (χ0n) is 10.7. The predicted molar refractivity (Wildman–Crippen MR) is 71.5 cm³/mol. The minimum atomic E-state index is -0.895. The second-order valence-electron chi connectivity index (χ2n) is 4.16. The molecule has 7 heteroatoms. The number of nitrogens with one attached hydrogen (secondary N) is 1. The first-order valence-electron chi connectivity index (χ1n) is 6.13. The van der Waals surface area contributed by atoms with Gasteiger partial charge in [-0.1, -0.05) is 0 Å². The lowest BCUT2D eigenvalue weighted by molar-refractivity contribution is -0.137. The lowest BCUT2D eigenvalue weighted by Gasteiger charge is -2.05. The summed E-state index contributed by atoms with van der Waals surface area (Å²) in [5.41, 5.74) is 1.44. The van der Waals surface area contributed by atoms with Crippen molar-refractivity contribution >= 4 is 17.6 Å². The highest BCUT2D eigenvalue weighted by atomic mass is 16.4. The Kier molecular flexibility index (Phi) is 4.43. The summed E-state index contributed by atoms with van der Waals surface area (Å²) in [6, 6.07) is 7.06. The zero-order chi connectivity index (χ0) is 14.4. The molecule has 0 saturated carbocycles. The summed E-state index contributed by atoms with van der Waals surface area (Å²) in [4.78, 5) is 23.4. The van der Waals surface area contributed by atoms with Gasteiger partial charge in [-0.2, -0.15) is 15.0 Å². The third-order valence-corrected chi connectivity index (χ3v) is 2.60. The van der Waals surface area contributed by atoms with Crippen LogP contribution in [0.25, 0.3) is 5.69 Å². The van der Waals surface area contributed by atoms with Gasteiger partial charge in [0.15, 0.2) is 0 Å². The van der Waals surface area contributed by atoms with E-state index in [1.165, 1.54) is 4.80 Å². The van der Waals surface area contributed by atoms with E-state index in [1.54, 1.807) is 36.7 Å². The molecule has 1 amide bonds. The summed E-state index contributed by atoms with van der Waals surface area (Å²) in [5.74, 6) is -1.09. The van der Waals surface area contributed by atoms with Crippen LogP contribution in [0.5, 0.6) is 0 Å². The Morgan fingerprint density at radius 3 is 2.35 bits per heavy atom. The van der Waals surface area contributed by atoms with E-state index in [9.17, 15) is 9.59 Å². The number of carbonyl (C=O) groups is 2. The van der Waals surface area contributed by atoms with E-state index in [1.807, 2.05) is 0 Å². The molecular formula is C13H14N4O3.